The van der Waals surface area contributed by atoms with Gasteiger partial charge in [-0.15, -0.1) is 0 Å². The maximum atomic E-state index is 13.4. The minimum atomic E-state index is -0.908. The van der Waals surface area contributed by atoms with Gasteiger partial charge >= 0.3 is 0 Å². The van der Waals surface area contributed by atoms with Gasteiger partial charge in [-0.2, -0.15) is 0 Å². The van der Waals surface area contributed by atoms with Crippen molar-refractivity contribution in [1.29, 1.82) is 0 Å². The molecule has 2 aromatic rings. The fourth-order valence-corrected chi connectivity index (χ4v) is 1.68. The topological polar surface area (TPSA) is 46.5 Å². The Morgan fingerprint density at radius 3 is 2.20 bits per heavy atom. The molecule has 0 spiro atoms. The van der Waals surface area contributed by atoms with Gasteiger partial charge in [0.2, 0.25) is 5.78 Å². The third kappa shape index (κ3) is 3.19. The number of ether oxygens (including phenoxy) is 1. The monoisotopic (exact) mass is 278 g/mol. The predicted molar refractivity (Wildman–Crippen MR) is 68.5 cm³/mol. The van der Waals surface area contributed by atoms with Crippen LogP contribution in [-0.2, 0) is 6.61 Å². The summed E-state index contributed by atoms with van der Waals surface area (Å²) < 4.78 is 31.9. The highest BCUT2D eigenvalue weighted by molar-refractivity contribution is 5.97. The molecule has 0 saturated heterocycles. The van der Waals surface area contributed by atoms with Crippen molar-refractivity contribution in [3.63, 3.8) is 0 Å². The predicted octanol–water partition coefficient (Wildman–Crippen LogP) is 2.72. The van der Waals surface area contributed by atoms with E-state index in [1.54, 1.807) is 24.3 Å². The molecule has 0 unspecified atom stereocenters. The van der Waals surface area contributed by atoms with Crippen LogP contribution in [0.15, 0.2) is 42.5 Å². The quantitative estimate of drug-likeness (QED) is 0.855. The number of benzene rings is 2. The van der Waals surface area contributed by atoms with Crippen molar-refractivity contribution in [2.45, 2.75) is 6.61 Å². The molecule has 1 N–H and O–H groups in total. The van der Waals surface area contributed by atoms with Crippen LogP contribution < -0.4 is 4.74 Å². The van der Waals surface area contributed by atoms with Crippen LogP contribution in [0.3, 0.4) is 0 Å². The fourth-order valence-electron chi connectivity index (χ4n) is 1.68. The molecule has 0 saturated carbocycles. The Balaban J connectivity index is 2.05. The maximum Gasteiger partial charge on any atom is 0.206 e. The second-order valence-electron chi connectivity index (χ2n) is 4.11. The summed E-state index contributed by atoms with van der Waals surface area (Å²) in [6.45, 7) is -0.560. The van der Waals surface area contributed by atoms with Crippen LogP contribution in [0.25, 0.3) is 0 Å². The summed E-state index contributed by atoms with van der Waals surface area (Å²) in [5, 5.41) is 8.88. The Bertz CT molecular complexity index is 589. The van der Waals surface area contributed by atoms with Gasteiger partial charge in [0, 0.05) is 0 Å². The maximum absolute atomic E-state index is 13.4. The third-order valence-corrected chi connectivity index (χ3v) is 2.72. The Labute approximate surface area is 114 Å². The molecular formula is C15H12F2O3. The van der Waals surface area contributed by atoms with Gasteiger partial charge in [0.15, 0.2) is 6.61 Å². The highest BCUT2D eigenvalue weighted by Crippen LogP contribution is 2.15. The van der Waals surface area contributed by atoms with E-state index in [9.17, 15) is 13.6 Å². The number of rotatable bonds is 5. The fraction of sp³-hybridized carbons (Fsp3) is 0.133. The Morgan fingerprint density at radius 2 is 1.65 bits per heavy atom. The number of hydrogen-bond donors (Lipinski definition) is 1. The van der Waals surface area contributed by atoms with Gasteiger partial charge in [0.05, 0.1) is 12.2 Å². The average molecular weight is 278 g/mol. The summed E-state index contributed by atoms with van der Waals surface area (Å²) in [5.41, 5.74) is 0.100. The van der Waals surface area contributed by atoms with Crippen LogP contribution in [0, 0.1) is 11.6 Å². The molecule has 3 nitrogen and oxygen atoms in total. The molecule has 0 aromatic heterocycles. The molecule has 5 heteroatoms. The third-order valence-electron chi connectivity index (χ3n) is 2.72. The number of hydrogen-bond acceptors (Lipinski definition) is 3. The number of Topliss-reactive ketones (excluding diaryl/α,β-unsaturated/α-hetero) is 1. The second-order valence-corrected chi connectivity index (χ2v) is 4.11. The number of carbonyl (C=O) groups excluding carboxylic acids is 1. The van der Waals surface area contributed by atoms with Crippen molar-refractivity contribution in [2.24, 2.45) is 0 Å². The first-order chi connectivity index (χ1) is 9.61. The van der Waals surface area contributed by atoms with Crippen molar-refractivity contribution in [2.75, 3.05) is 6.61 Å². The van der Waals surface area contributed by atoms with Gasteiger partial charge in [0.1, 0.15) is 17.4 Å². The van der Waals surface area contributed by atoms with Gasteiger partial charge in [-0.05, 0) is 29.8 Å². The normalized spacial score (nSPS) is 10.3. The van der Waals surface area contributed by atoms with E-state index in [-0.39, 0.29) is 6.61 Å². The zero-order chi connectivity index (χ0) is 14.5. The summed E-state index contributed by atoms with van der Waals surface area (Å²) in [5.74, 6) is -2.21. The Morgan fingerprint density at radius 1 is 1.05 bits per heavy atom. The minimum Gasteiger partial charge on any atom is -0.485 e. The number of halogens is 2. The summed E-state index contributed by atoms with van der Waals surface area (Å²) in [6.07, 6.45) is 0. The minimum absolute atomic E-state index is 0.0976. The van der Waals surface area contributed by atoms with Crippen LogP contribution in [-0.4, -0.2) is 17.5 Å². The summed E-state index contributed by atoms with van der Waals surface area (Å²) in [6, 6.07) is 9.62. The molecule has 0 radical (unpaired) electrons. The van der Waals surface area contributed by atoms with E-state index in [0.717, 1.165) is 12.1 Å². The van der Waals surface area contributed by atoms with Gasteiger partial charge in [-0.3, -0.25) is 4.79 Å². The van der Waals surface area contributed by atoms with Crippen LogP contribution >= 0.6 is 0 Å². The number of aliphatic hydroxyl groups excluding tert-OH is 1. The lowest BCUT2D eigenvalue weighted by molar-refractivity contribution is 0.0913. The molecule has 0 aliphatic heterocycles. The van der Waals surface area contributed by atoms with Crippen LogP contribution in [0.4, 0.5) is 8.78 Å². The lowest BCUT2D eigenvalue weighted by Gasteiger charge is -2.07. The summed E-state index contributed by atoms with van der Waals surface area (Å²) in [4.78, 5) is 11.7. The van der Waals surface area contributed by atoms with Crippen molar-refractivity contribution in [1.82, 2.24) is 0 Å². The van der Waals surface area contributed by atoms with Crippen LogP contribution in [0.2, 0.25) is 0 Å². The first kappa shape index (κ1) is 14.1. The Kier molecular flexibility index (Phi) is 4.42. The molecule has 0 aliphatic carbocycles. The molecular weight excluding hydrogens is 266 g/mol. The molecule has 104 valence electrons. The molecule has 2 rings (SSSR count). The largest absolute Gasteiger partial charge is 0.485 e. The molecule has 20 heavy (non-hydrogen) atoms. The molecule has 0 heterocycles. The van der Waals surface area contributed by atoms with Gasteiger partial charge in [-0.25, -0.2) is 8.78 Å². The van der Waals surface area contributed by atoms with Crippen LogP contribution in [0.1, 0.15) is 15.9 Å². The lowest BCUT2D eigenvalue weighted by Crippen LogP contribution is -2.15. The summed E-state index contributed by atoms with van der Waals surface area (Å²) in [7, 11) is 0. The average Bonchev–Trinajstić information content (AvgIpc) is 2.45. The number of aliphatic hydroxyl groups is 1. The van der Waals surface area contributed by atoms with E-state index >= 15 is 0 Å². The molecule has 2 aromatic carbocycles. The first-order valence-electron chi connectivity index (χ1n) is 5.91. The molecule has 0 bridgehead atoms. The lowest BCUT2D eigenvalue weighted by atomic mass is 10.1. The van der Waals surface area contributed by atoms with Crippen molar-refractivity contribution >= 4 is 5.78 Å². The SMILES string of the molecule is O=C(COc1ccc(CO)cc1)c1c(F)cccc1F. The smallest absolute Gasteiger partial charge is 0.206 e. The van der Waals surface area contributed by atoms with Crippen molar-refractivity contribution in [3.05, 3.63) is 65.2 Å². The molecule has 0 atom stereocenters. The highest BCUT2D eigenvalue weighted by Gasteiger charge is 2.17. The van der Waals surface area contributed by atoms with Crippen molar-refractivity contribution < 1.29 is 23.4 Å². The van der Waals surface area contributed by atoms with Gasteiger partial charge in [0.25, 0.3) is 0 Å². The molecule has 0 fully saturated rings. The van der Waals surface area contributed by atoms with E-state index in [0.29, 0.717) is 11.3 Å². The molecule has 0 aliphatic rings. The van der Waals surface area contributed by atoms with Gasteiger partial charge < -0.3 is 9.84 Å². The first-order valence-corrected chi connectivity index (χ1v) is 5.91. The molecule has 0 amide bonds. The van der Waals surface area contributed by atoms with Crippen LogP contribution in [0.5, 0.6) is 5.75 Å². The van der Waals surface area contributed by atoms with E-state index in [1.807, 2.05) is 0 Å². The zero-order valence-electron chi connectivity index (χ0n) is 10.5. The number of carbonyl (C=O) groups is 1. The Hall–Kier alpha value is -2.27. The van der Waals surface area contributed by atoms with E-state index in [4.69, 9.17) is 9.84 Å². The van der Waals surface area contributed by atoms with E-state index in [1.165, 1.54) is 6.07 Å². The van der Waals surface area contributed by atoms with E-state index in [2.05, 4.69) is 0 Å². The van der Waals surface area contributed by atoms with Crippen molar-refractivity contribution in [3.8, 4) is 5.75 Å². The highest BCUT2D eigenvalue weighted by atomic mass is 19.1. The standard InChI is InChI=1S/C15H12F2O3/c16-12-2-1-3-13(17)15(12)14(19)9-20-11-6-4-10(8-18)5-7-11/h1-7,18H,8-9H2. The second kappa shape index (κ2) is 6.25. The van der Waals surface area contributed by atoms with Gasteiger partial charge in [-0.1, -0.05) is 18.2 Å². The zero-order valence-corrected chi connectivity index (χ0v) is 10.5. The van der Waals surface area contributed by atoms with E-state index < -0.39 is 29.6 Å². The summed E-state index contributed by atoms with van der Waals surface area (Å²) >= 11 is 0. The number of ketones is 1.